The van der Waals surface area contributed by atoms with Gasteiger partial charge in [0.25, 0.3) is 0 Å². The molecule has 0 radical (unpaired) electrons. The predicted molar refractivity (Wildman–Crippen MR) is 75.3 cm³/mol. The Morgan fingerprint density at radius 3 is 2.33 bits per heavy atom. The van der Waals surface area contributed by atoms with Crippen LogP contribution in [-0.2, 0) is 13.9 Å². The Hall–Kier alpha value is -0.813. The minimum Gasteiger partial charge on any atom is -0.438 e. The van der Waals surface area contributed by atoms with E-state index in [9.17, 15) is 4.79 Å². The Morgan fingerprint density at radius 2 is 1.83 bits per heavy atom. The second-order valence-corrected chi connectivity index (χ2v) is 10.4. The Balaban J connectivity index is 3.74. The standard InChI is InChI=1S/C13H26O4Si/c1-13(2,3)18(5,6)17-11-9-7-8-10-16-12(14)15-4/h7-8H,9-11H2,1-6H3/b8-7-. The zero-order valence-electron chi connectivity index (χ0n) is 12.4. The van der Waals surface area contributed by atoms with E-state index in [1.807, 2.05) is 6.08 Å². The van der Waals surface area contributed by atoms with Crippen molar-refractivity contribution in [3.05, 3.63) is 12.2 Å². The molecule has 0 heterocycles. The van der Waals surface area contributed by atoms with Gasteiger partial charge in [0.15, 0.2) is 8.32 Å². The van der Waals surface area contributed by atoms with Crippen molar-refractivity contribution in [3.63, 3.8) is 0 Å². The van der Waals surface area contributed by atoms with Crippen molar-refractivity contribution < 1.29 is 18.7 Å². The van der Waals surface area contributed by atoms with E-state index in [0.29, 0.717) is 6.61 Å². The first kappa shape index (κ1) is 17.2. The Morgan fingerprint density at radius 1 is 1.22 bits per heavy atom. The molecule has 0 N–H and O–H groups in total. The fourth-order valence-corrected chi connectivity index (χ4v) is 2.02. The molecule has 0 aliphatic carbocycles. The topological polar surface area (TPSA) is 44.8 Å². The normalized spacial score (nSPS) is 12.8. The second-order valence-electron chi connectivity index (χ2n) is 5.63. The van der Waals surface area contributed by atoms with Crippen molar-refractivity contribution >= 4 is 14.5 Å². The largest absolute Gasteiger partial charge is 0.508 e. The van der Waals surface area contributed by atoms with Crippen LogP contribution in [0.4, 0.5) is 4.79 Å². The summed E-state index contributed by atoms with van der Waals surface area (Å²) in [6, 6.07) is 0. The quantitative estimate of drug-likeness (QED) is 0.320. The summed E-state index contributed by atoms with van der Waals surface area (Å²) in [4.78, 5) is 10.6. The summed E-state index contributed by atoms with van der Waals surface area (Å²) < 4.78 is 15.1. The summed E-state index contributed by atoms with van der Waals surface area (Å²) in [5.74, 6) is 0. The van der Waals surface area contributed by atoms with Gasteiger partial charge in [-0.1, -0.05) is 32.9 Å². The zero-order chi connectivity index (χ0) is 14.2. The first-order valence-electron chi connectivity index (χ1n) is 6.20. The van der Waals surface area contributed by atoms with E-state index in [0.717, 1.165) is 6.42 Å². The van der Waals surface area contributed by atoms with E-state index in [2.05, 4.69) is 38.6 Å². The van der Waals surface area contributed by atoms with Crippen LogP contribution in [0.5, 0.6) is 0 Å². The van der Waals surface area contributed by atoms with Crippen LogP contribution in [0.2, 0.25) is 18.1 Å². The lowest BCUT2D eigenvalue weighted by atomic mass is 10.2. The third-order valence-electron chi connectivity index (χ3n) is 3.18. The third kappa shape index (κ3) is 6.81. The van der Waals surface area contributed by atoms with Crippen molar-refractivity contribution in [2.45, 2.75) is 45.3 Å². The molecule has 0 aliphatic rings. The summed E-state index contributed by atoms with van der Waals surface area (Å²) in [5.41, 5.74) is 0. The fourth-order valence-electron chi connectivity index (χ4n) is 0.960. The van der Waals surface area contributed by atoms with Crippen molar-refractivity contribution in [1.82, 2.24) is 0 Å². The minimum atomic E-state index is -1.64. The molecule has 0 spiro atoms. The average molecular weight is 274 g/mol. The summed E-state index contributed by atoms with van der Waals surface area (Å²) in [6.07, 6.45) is 3.93. The highest BCUT2D eigenvalue weighted by Crippen LogP contribution is 2.36. The molecule has 4 nitrogen and oxygen atoms in total. The highest BCUT2D eigenvalue weighted by molar-refractivity contribution is 6.74. The molecule has 5 heteroatoms. The van der Waals surface area contributed by atoms with Gasteiger partial charge in [-0.15, -0.1) is 0 Å². The molecule has 0 saturated carbocycles. The number of rotatable bonds is 6. The van der Waals surface area contributed by atoms with Crippen molar-refractivity contribution in [1.29, 1.82) is 0 Å². The zero-order valence-corrected chi connectivity index (χ0v) is 13.4. The van der Waals surface area contributed by atoms with Gasteiger partial charge in [0.05, 0.1) is 7.11 Å². The molecule has 0 fully saturated rings. The first-order valence-corrected chi connectivity index (χ1v) is 9.11. The van der Waals surface area contributed by atoms with E-state index < -0.39 is 14.5 Å². The molecule has 0 aromatic heterocycles. The Labute approximate surface area is 111 Å². The molecule has 0 saturated heterocycles. The highest BCUT2D eigenvalue weighted by atomic mass is 28.4. The van der Waals surface area contributed by atoms with Gasteiger partial charge in [-0.3, -0.25) is 0 Å². The van der Waals surface area contributed by atoms with Crippen LogP contribution >= 0.6 is 0 Å². The van der Waals surface area contributed by atoms with Crippen LogP contribution in [0.25, 0.3) is 0 Å². The number of methoxy groups -OCH3 is 1. The van der Waals surface area contributed by atoms with Crippen LogP contribution in [0.3, 0.4) is 0 Å². The summed E-state index contributed by atoms with van der Waals surface area (Å²) in [6.45, 7) is 12.1. The second kappa shape index (κ2) is 7.58. The molecule has 0 bridgehead atoms. The van der Waals surface area contributed by atoms with Crippen LogP contribution in [-0.4, -0.2) is 34.8 Å². The molecule has 0 amide bonds. The summed E-state index contributed by atoms with van der Waals surface area (Å²) in [7, 11) is -0.346. The average Bonchev–Trinajstić information content (AvgIpc) is 2.25. The van der Waals surface area contributed by atoms with E-state index in [4.69, 9.17) is 9.16 Å². The maximum Gasteiger partial charge on any atom is 0.508 e. The van der Waals surface area contributed by atoms with Crippen LogP contribution in [0.15, 0.2) is 12.2 Å². The number of ether oxygens (including phenoxy) is 2. The Kier molecular flexibility index (Phi) is 7.24. The number of hydrogen-bond donors (Lipinski definition) is 0. The maximum absolute atomic E-state index is 10.6. The molecule has 0 atom stereocenters. The smallest absolute Gasteiger partial charge is 0.438 e. The molecule has 18 heavy (non-hydrogen) atoms. The van der Waals surface area contributed by atoms with Crippen molar-refractivity contribution in [2.24, 2.45) is 0 Å². The third-order valence-corrected chi connectivity index (χ3v) is 7.72. The molecular formula is C13H26O4Si. The number of hydrogen-bond acceptors (Lipinski definition) is 4. The highest BCUT2D eigenvalue weighted by Gasteiger charge is 2.36. The van der Waals surface area contributed by atoms with E-state index in [-0.39, 0.29) is 11.6 Å². The summed E-state index contributed by atoms with van der Waals surface area (Å²) in [5, 5.41) is 0.241. The molecular weight excluding hydrogens is 248 g/mol. The van der Waals surface area contributed by atoms with E-state index >= 15 is 0 Å². The van der Waals surface area contributed by atoms with E-state index in [1.54, 1.807) is 6.08 Å². The van der Waals surface area contributed by atoms with Gasteiger partial charge in [-0.05, 0) is 24.6 Å². The van der Waals surface area contributed by atoms with Gasteiger partial charge in [-0.25, -0.2) is 4.79 Å². The first-order chi connectivity index (χ1) is 8.20. The lowest BCUT2D eigenvalue weighted by molar-refractivity contribution is 0.0817. The molecule has 0 aromatic rings. The molecule has 106 valence electrons. The Bertz CT molecular complexity index is 279. The fraction of sp³-hybridized carbons (Fsp3) is 0.769. The van der Waals surface area contributed by atoms with Gasteiger partial charge < -0.3 is 13.9 Å². The monoisotopic (exact) mass is 274 g/mol. The van der Waals surface area contributed by atoms with Gasteiger partial charge in [-0.2, -0.15) is 0 Å². The molecule has 0 aromatic carbocycles. The SMILES string of the molecule is COC(=O)OC/C=C\CCO[Si](C)(C)C(C)(C)C. The van der Waals surface area contributed by atoms with Gasteiger partial charge in [0.2, 0.25) is 0 Å². The van der Waals surface area contributed by atoms with Gasteiger partial charge >= 0.3 is 6.16 Å². The molecule has 0 aliphatic heterocycles. The lowest BCUT2D eigenvalue weighted by Gasteiger charge is -2.36. The molecule has 0 rings (SSSR count). The number of carbonyl (C=O) groups excluding carboxylic acids is 1. The summed E-state index contributed by atoms with van der Waals surface area (Å²) >= 11 is 0. The van der Waals surface area contributed by atoms with Crippen molar-refractivity contribution in [2.75, 3.05) is 20.3 Å². The maximum atomic E-state index is 10.6. The minimum absolute atomic E-state index is 0.241. The van der Waals surface area contributed by atoms with Gasteiger partial charge in [0.1, 0.15) is 6.61 Å². The van der Waals surface area contributed by atoms with Crippen molar-refractivity contribution in [3.8, 4) is 0 Å². The van der Waals surface area contributed by atoms with E-state index in [1.165, 1.54) is 7.11 Å². The lowest BCUT2D eigenvalue weighted by Crippen LogP contribution is -2.40. The number of carbonyl (C=O) groups is 1. The predicted octanol–water partition coefficient (Wildman–Crippen LogP) is 3.74. The van der Waals surface area contributed by atoms with Crippen LogP contribution in [0, 0.1) is 0 Å². The van der Waals surface area contributed by atoms with Crippen LogP contribution < -0.4 is 0 Å². The van der Waals surface area contributed by atoms with Gasteiger partial charge in [0, 0.05) is 6.61 Å². The van der Waals surface area contributed by atoms with Crippen LogP contribution in [0.1, 0.15) is 27.2 Å². The molecule has 0 unspecified atom stereocenters.